The minimum atomic E-state index is -0.104. The first-order chi connectivity index (χ1) is 15.9. The number of hydrogen-bond donors (Lipinski definition) is 0. The summed E-state index contributed by atoms with van der Waals surface area (Å²) in [6, 6.07) is 0. The Morgan fingerprint density at radius 3 is 2.24 bits per heavy atom. The van der Waals surface area contributed by atoms with E-state index in [1.165, 1.54) is 57.8 Å². The minimum Gasteiger partial charge on any atom is -0.462 e. The van der Waals surface area contributed by atoms with E-state index in [0.29, 0.717) is 27.6 Å². The maximum atomic E-state index is 11.9. The molecule has 0 aromatic carbocycles. The van der Waals surface area contributed by atoms with Gasteiger partial charge in [-0.3, -0.25) is 4.79 Å². The minimum absolute atomic E-state index is 0.0609. The molecule has 0 spiro atoms. The first-order valence-corrected chi connectivity index (χ1v) is 14.7. The lowest BCUT2D eigenvalue weighted by Crippen LogP contribution is -2.66. The van der Waals surface area contributed by atoms with Crippen molar-refractivity contribution in [2.24, 2.45) is 56.7 Å². The van der Waals surface area contributed by atoms with Gasteiger partial charge in [0.2, 0.25) is 0 Å². The second-order valence-corrected chi connectivity index (χ2v) is 14.9. The summed E-state index contributed by atoms with van der Waals surface area (Å²) in [5.74, 6) is 3.96. The summed E-state index contributed by atoms with van der Waals surface area (Å²) < 4.78 is 5.92. The number of rotatable bonds is 2. The molecule has 0 aromatic rings. The van der Waals surface area contributed by atoms with Crippen LogP contribution in [0.25, 0.3) is 0 Å². The van der Waals surface area contributed by atoms with Crippen molar-refractivity contribution in [3.8, 4) is 0 Å². The zero-order valence-corrected chi connectivity index (χ0v) is 23.5. The molecule has 0 saturated heterocycles. The molecule has 2 nitrogen and oxygen atoms in total. The molecule has 0 aromatic heterocycles. The molecule has 34 heavy (non-hydrogen) atoms. The summed E-state index contributed by atoms with van der Waals surface area (Å²) in [4.78, 5) is 11.9. The number of carbonyl (C=O) groups excluding carboxylic acids is 1. The van der Waals surface area contributed by atoms with E-state index in [1.54, 1.807) is 6.92 Å². The molecule has 0 N–H and O–H groups in total. The van der Waals surface area contributed by atoms with Gasteiger partial charge < -0.3 is 4.74 Å². The Hall–Kier alpha value is -0.790. The SMILES string of the molecule is C/C=C/C12CCC(C)C1C1CCC3C4(C)CCC(OC(C)=O)C(C)(C)C4CCC3(C)[C@]1(C)CC2. The number of carbonyl (C=O) groups is 1. The standard InChI is InChI=1S/C32H52O2/c1-9-15-32-18-12-21(2)27(32)23-10-11-25-29(6)16-14-26(34-22(3)33)28(4,5)24(29)13-17-31(25,8)30(23,7)19-20-32/h9,15,21,23-27H,10-14,16-20H2,1-8H3/b15-9+/t21?,23?,24?,25?,26?,27?,29?,30-,31?,32?/m1/s1. The molecule has 5 rings (SSSR count). The molecule has 5 aliphatic carbocycles. The van der Waals surface area contributed by atoms with Crippen LogP contribution >= 0.6 is 0 Å². The van der Waals surface area contributed by atoms with Gasteiger partial charge in [-0.1, -0.05) is 53.7 Å². The molecule has 10 atom stereocenters. The monoisotopic (exact) mass is 468 g/mol. The molecule has 9 unspecified atom stereocenters. The van der Waals surface area contributed by atoms with Crippen LogP contribution in [0.3, 0.4) is 0 Å². The van der Waals surface area contributed by atoms with Crippen LogP contribution in [-0.4, -0.2) is 12.1 Å². The van der Waals surface area contributed by atoms with Gasteiger partial charge in [-0.2, -0.15) is 0 Å². The molecule has 2 heteroatoms. The average molecular weight is 469 g/mol. The summed E-state index contributed by atoms with van der Waals surface area (Å²) in [7, 11) is 0. The second kappa shape index (κ2) is 7.85. The van der Waals surface area contributed by atoms with E-state index in [1.807, 2.05) is 0 Å². The number of fused-ring (bicyclic) bond motifs is 7. The highest BCUT2D eigenvalue weighted by Gasteiger charge is 2.70. The van der Waals surface area contributed by atoms with Crippen LogP contribution in [0, 0.1) is 56.7 Å². The van der Waals surface area contributed by atoms with Crippen LogP contribution in [0.1, 0.15) is 120 Å². The molecular formula is C32H52O2. The molecule has 0 aliphatic heterocycles. The summed E-state index contributed by atoms with van der Waals surface area (Å²) in [6.07, 6.45) is 18.5. The van der Waals surface area contributed by atoms with E-state index in [4.69, 9.17) is 4.74 Å². The number of ether oxygens (including phenoxy) is 1. The van der Waals surface area contributed by atoms with Crippen molar-refractivity contribution in [3.05, 3.63) is 12.2 Å². The third kappa shape index (κ3) is 3.08. The van der Waals surface area contributed by atoms with Crippen LogP contribution in [0.5, 0.6) is 0 Å². The normalized spacial score (nSPS) is 54.0. The van der Waals surface area contributed by atoms with Gasteiger partial charge >= 0.3 is 5.97 Å². The van der Waals surface area contributed by atoms with Gasteiger partial charge in [-0.05, 0) is 122 Å². The fourth-order valence-corrected chi connectivity index (χ4v) is 12.0. The molecule has 5 aliphatic rings. The van der Waals surface area contributed by atoms with Gasteiger partial charge in [0, 0.05) is 12.3 Å². The second-order valence-electron chi connectivity index (χ2n) is 14.9. The highest BCUT2D eigenvalue weighted by atomic mass is 16.5. The number of hydrogen-bond acceptors (Lipinski definition) is 2. The Morgan fingerprint density at radius 1 is 0.824 bits per heavy atom. The fraction of sp³-hybridized carbons (Fsp3) is 0.906. The molecule has 5 saturated carbocycles. The van der Waals surface area contributed by atoms with Crippen LogP contribution in [-0.2, 0) is 9.53 Å². The molecule has 192 valence electrons. The van der Waals surface area contributed by atoms with E-state index in [-0.39, 0.29) is 17.5 Å². The van der Waals surface area contributed by atoms with Gasteiger partial charge in [0.25, 0.3) is 0 Å². The Morgan fingerprint density at radius 2 is 1.56 bits per heavy atom. The number of esters is 1. The Bertz CT molecular complexity index is 857. The van der Waals surface area contributed by atoms with Crippen molar-refractivity contribution < 1.29 is 9.53 Å². The molecule has 0 heterocycles. The van der Waals surface area contributed by atoms with Crippen LogP contribution in [0.2, 0.25) is 0 Å². The fourth-order valence-electron chi connectivity index (χ4n) is 12.0. The Kier molecular flexibility index (Phi) is 5.75. The van der Waals surface area contributed by atoms with Crippen molar-refractivity contribution in [2.75, 3.05) is 0 Å². The molecule has 0 radical (unpaired) electrons. The van der Waals surface area contributed by atoms with Gasteiger partial charge in [0.05, 0.1) is 0 Å². The van der Waals surface area contributed by atoms with E-state index >= 15 is 0 Å². The topological polar surface area (TPSA) is 26.3 Å². The maximum Gasteiger partial charge on any atom is 0.302 e. The summed E-state index contributed by atoms with van der Waals surface area (Å²) in [5.41, 5.74) is 1.78. The molecule has 0 bridgehead atoms. The van der Waals surface area contributed by atoms with Crippen molar-refractivity contribution in [1.29, 1.82) is 0 Å². The summed E-state index contributed by atoms with van der Waals surface area (Å²) >= 11 is 0. The Balaban J connectivity index is 1.50. The predicted molar refractivity (Wildman–Crippen MR) is 140 cm³/mol. The highest BCUT2D eigenvalue weighted by molar-refractivity contribution is 5.66. The Labute approximate surface area is 210 Å². The predicted octanol–water partition coefficient (Wildman–Crippen LogP) is 8.60. The van der Waals surface area contributed by atoms with Gasteiger partial charge in [-0.15, -0.1) is 0 Å². The lowest BCUT2D eigenvalue weighted by Gasteiger charge is -2.73. The van der Waals surface area contributed by atoms with E-state index < -0.39 is 0 Å². The first kappa shape index (κ1) is 24.9. The molecular weight excluding hydrogens is 416 g/mol. The summed E-state index contributed by atoms with van der Waals surface area (Å²) in [6.45, 7) is 19.4. The third-order valence-corrected chi connectivity index (χ3v) is 13.6. The van der Waals surface area contributed by atoms with Crippen molar-refractivity contribution in [3.63, 3.8) is 0 Å². The highest BCUT2D eigenvalue weighted by Crippen LogP contribution is 2.77. The largest absolute Gasteiger partial charge is 0.462 e. The van der Waals surface area contributed by atoms with E-state index in [2.05, 4.69) is 60.6 Å². The van der Waals surface area contributed by atoms with Gasteiger partial charge in [0.15, 0.2) is 0 Å². The quantitative estimate of drug-likeness (QED) is 0.299. The van der Waals surface area contributed by atoms with Gasteiger partial charge in [-0.25, -0.2) is 0 Å². The number of allylic oxidation sites excluding steroid dienone is 2. The van der Waals surface area contributed by atoms with E-state index in [0.717, 1.165) is 30.1 Å². The van der Waals surface area contributed by atoms with Crippen molar-refractivity contribution in [2.45, 2.75) is 126 Å². The zero-order chi connectivity index (χ0) is 24.7. The lowest BCUT2D eigenvalue weighted by molar-refractivity contribution is -0.247. The van der Waals surface area contributed by atoms with Crippen LogP contribution in [0.4, 0.5) is 0 Å². The van der Waals surface area contributed by atoms with Crippen LogP contribution < -0.4 is 0 Å². The molecule has 5 fully saturated rings. The van der Waals surface area contributed by atoms with Gasteiger partial charge in [0.1, 0.15) is 6.10 Å². The lowest BCUT2D eigenvalue weighted by atomic mass is 9.32. The smallest absolute Gasteiger partial charge is 0.302 e. The first-order valence-electron chi connectivity index (χ1n) is 14.7. The van der Waals surface area contributed by atoms with Crippen molar-refractivity contribution in [1.82, 2.24) is 0 Å². The maximum absolute atomic E-state index is 11.9. The van der Waals surface area contributed by atoms with Crippen molar-refractivity contribution >= 4 is 5.97 Å². The summed E-state index contributed by atoms with van der Waals surface area (Å²) in [5, 5.41) is 0. The molecule has 0 amide bonds. The van der Waals surface area contributed by atoms with E-state index in [9.17, 15) is 4.79 Å². The zero-order valence-electron chi connectivity index (χ0n) is 23.5. The average Bonchev–Trinajstić information content (AvgIpc) is 3.07. The van der Waals surface area contributed by atoms with Crippen LogP contribution in [0.15, 0.2) is 12.2 Å². The third-order valence-electron chi connectivity index (χ3n) is 13.6.